The van der Waals surface area contributed by atoms with Crippen molar-refractivity contribution in [2.45, 2.75) is 58.4 Å². The summed E-state index contributed by atoms with van der Waals surface area (Å²) in [6.07, 6.45) is -2.43. The Morgan fingerprint density at radius 1 is 0.909 bits per heavy atom. The lowest BCUT2D eigenvalue weighted by Gasteiger charge is -2.42. The number of carboxylic acid groups (broad SMARTS) is 2. The molecule has 66 heavy (non-hydrogen) atoms. The minimum atomic E-state index is -5.08. The molecule has 1 aromatic heterocycles. The van der Waals surface area contributed by atoms with E-state index in [1.807, 2.05) is 72.8 Å². The second-order valence-electron chi connectivity index (χ2n) is 16.3. The molecule has 1 fully saturated rings. The Labute approximate surface area is 385 Å². The van der Waals surface area contributed by atoms with Crippen molar-refractivity contribution in [1.82, 2.24) is 20.1 Å². The number of nitrogens with two attached hydrogens (primary N) is 1. The number of carbonyl (C=O) groups excluding carboxylic acids is 2. The molecule has 0 bridgehead atoms. The summed E-state index contributed by atoms with van der Waals surface area (Å²) in [6, 6.07) is 13.3. The zero-order valence-electron chi connectivity index (χ0n) is 37.5. The summed E-state index contributed by atoms with van der Waals surface area (Å²) in [5.74, 6) is -5.64. The molecule has 3 atom stereocenters. The predicted octanol–water partition coefficient (Wildman–Crippen LogP) is 5.36. The van der Waals surface area contributed by atoms with Crippen LogP contribution in [0.4, 0.5) is 22.0 Å². The van der Waals surface area contributed by atoms with Gasteiger partial charge in [0.15, 0.2) is 0 Å². The van der Waals surface area contributed by atoms with Gasteiger partial charge < -0.3 is 55.0 Å². The van der Waals surface area contributed by atoms with Crippen LogP contribution in [0, 0.1) is 23.0 Å². The molecular weight excluding hydrogens is 898 g/mol. The van der Waals surface area contributed by atoms with E-state index >= 15 is 4.39 Å². The van der Waals surface area contributed by atoms with Gasteiger partial charge in [0.1, 0.15) is 17.7 Å². The second kappa shape index (κ2) is 28.5. The van der Waals surface area contributed by atoms with Crippen LogP contribution in [0.3, 0.4) is 0 Å². The number of hydrogen-bond acceptors (Lipinski definition) is 11. The highest BCUT2D eigenvalue weighted by atomic mass is 32.2. The van der Waals surface area contributed by atoms with Crippen LogP contribution in [0.25, 0.3) is 11.1 Å². The Balaban J connectivity index is 0.00000152. The Morgan fingerprint density at radius 2 is 1.52 bits per heavy atom. The number of carboxylic acids is 2. The van der Waals surface area contributed by atoms with Crippen LogP contribution in [0.1, 0.15) is 50.9 Å². The van der Waals surface area contributed by atoms with Gasteiger partial charge in [0.05, 0.1) is 64.6 Å². The van der Waals surface area contributed by atoms with Crippen molar-refractivity contribution in [3.63, 3.8) is 0 Å². The first-order valence-electron chi connectivity index (χ1n) is 21.4. The number of thioether (sulfide) groups is 1. The van der Waals surface area contributed by atoms with Crippen LogP contribution in [-0.4, -0.2) is 146 Å². The number of aromatic nitrogens is 1. The Morgan fingerprint density at radius 3 is 2.06 bits per heavy atom. The van der Waals surface area contributed by atoms with E-state index in [1.54, 1.807) is 0 Å². The number of nitrogens with zero attached hydrogens (tertiary/aromatic N) is 2. The van der Waals surface area contributed by atoms with Crippen molar-refractivity contribution in [3.8, 4) is 11.1 Å². The molecule has 21 heteroatoms. The van der Waals surface area contributed by atoms with Gasteiger partial charge in [-0.25, -0.2) is 18.4 Å². The number of benzene rings is 2. The average molecular weight is 960 g/mol. The number of alkyl halides is 3. The monoisotopic (exact) mass is 959 g/mol. The van der Waals surface area contributed by atoms with E-state index in [9.17, 15) is 37.1 Å². The third-order valence-electron chi connectivity index (χ3n) is 9.95. The van der Waals surface area contributed by atoms with E-state index in [4.69, 9.17) is 34.6 Å². The van der Waals surface area contributed by atoms with Crippen LogP contribution in [0.15, 0.2) is 60.8 Å². The minimum absolute atomic E-state index is 0.0326. The molecule has 3 aromatic rings. The van der Waals surface area contributed by atoms with Crippen LogP contribution >= 0.6 is 11.8 Å². The lowest BCUT2D eigenvalue weighted by molar-refractivity contribution is -0.192. The number of nitrogens with one attached hydrogen (secondary N) is 2. The van der Waals surface area contributed by atoms with Gasteiger partial charge in [-0.3, -0.25) is 9.59 Å². The van der Waals surface area contributed by atoms with Crippen molar-refractivity contribution in [2.24, 2.45) is 17.1 Å². The summed E-state index contributed by atoms with van der Waals surface area (Å²) in [5, 5.41) is 23.0. The number of carbonyl (C=O) groups is 4. The van der Waals surface area contributed by atoms with Gasteiger partial charge in [-0.15, -0.1) is 11.8 Å². The van der Waals surface area contributed by atoms with Gasteiger partial charge in [0.25, 0.3) is 0 Å². The zero-order valence-corrected chi connectivity index (χ0v) is 38.3. The minimum Gasteiger partial charge on any atom is -0.480 e. The molecule has 2 amide bonds. The van der Waals surface area contributed by atoms with Gasteiger partial charge in [0.2, 0.25) is 11.8 Å². The molecule has 1 aliphatic rings. The van der Waals surface area contributed by atoms with Gasteiger partial charge in [-0.05, 0) is 60.7 Å². The first kappa shape index (κ1) is 55.7. The number of ether oxygens (including phenoxy) is 4. The maximum atomic E-state index is 15.2. The Bertz CT molecular complexity index is 1950. The first-order valence-corrected chi connectivity index (χ1v) is 22.6. The van der Waals surface area contributed by atoms with E-state index in [2.05, 4.69) is 10.6 Å². The van der Waals surface area contributed by atoms with Crippen LogP contribution in [-0.2, 0) is 44.7 Å². The fourth-order valence-electron chi connectivity index (χ4n) is 6.91. The SMILES string of the molecule is CC(C)(C)C(c1cc(-c2cc(F)ccc2F)cn1Cc1ccccc1)N(CC1CCNC1)C(=O)CSCC(NC(=O)CCOCCOCCOCCOCCN)C(=O)O.O=C(O)C(F)(F)F. The molecule has 4 rings (SSSR count). The molecule has 368 valence electrons. The Kier molecular flexibility index (Phi) is 24.1. The van der Waals surface area contributed by atoms with Gasteiger partial charge >= 0.3 is 18.1 Å². The number of rotatable bonds is 27. The fraction of sp³-hybridized carbons (Fsp3) is 0.556. The van der Waals surface area contributed by atoms with Gasteiger partial charge in [-0.1, -0.05) is 51.1 Å². The van der Waals surface area contributed by atoms with Gasteiger partial charge in [-0.2, -0.15) is 13.2 Å². The molecule has 2 aromatic carbocycles. The van der Waals surface area contributed by atoms with E-state index < -0.39 is 53.2 Å². The molecule has 3 unspecified atom stereocenters. The van der Waals surface area contributed by atoms with Crippen LogP contribution < -0.4 is 16.4 Å². The molecular formula is C45H62F5N5O10S. The number of amides is 2. The van der Waals surface area contributed by atoms with E-state index in [0.717, 1.165) is 54.7 Å². The predicted molar refractivity (Wildman–Crippen MR) is 238 cm³/mol. The van der Waals surface area contributed by atoms with E-state index in [1.165, 1.54) is 6.07 Å². The van der Waals surface area contributed by atoms with E-state index in [-0.39, 0.29) is 48.5 Å². The number of halogens is 5. The van der Waals surface area contributed by atoms with Gasteiger partial charge in [0, 0.05) is 54.8 Å². The highest BCUT2D eigenvalue weighted by Crippen LogP contribution is 2.42. The number of hydrogen-bond donors (Lipinski definition) is 5. The standard InChI is InChI=1S/C43H61F2N5O8S.C2HF3O2/c1-43(2,3)41(38-23-33(35-24-34(44)9-10-36(35)45)28-49(38)26-31-7-5-4-6-8-31)50(27-32-11-14-47-25-32)40(52)30-59-29-37(42(53)54)48-39(51)12-15-55-17-19-57-21-22-58-20-18-56-16-13-46;3-2(4,5)1(6)7/h4-10,23-24,28,32,37,41,47H,11-22,25-27,29-30,46H2,1-3H3,(H,48,51)(H,53,54);(H,6,7). The third-order valence-corrected chi connectivity index (χ3v) is 11.0. The fourth-order valence-corrected chi connectivity index (χ4v) is 7.83. The van der Waals surface area contributed by atoms with Crippen LogP contribution in [0.5, 0.6) is 0 Å². The number of aliphatic carboxylic acids is 2. The molecule has 0 radical (unpaired) electrons. The molecule has 1 aliphatic heterocycles. The highest BCUT2D eigenvalue weighted by Gasteiger charge is 2.39. The summed E-state index contributed by atoms with van der Waals surface area (Å²) in [5.41, 5.74) is 7.23. The summed E-state index contributed by atoms with van der Waals surface area (Å²) in [6.45, 7) is 11.9. The quantitative estimate of drug-likeness (QED) is 0.0484. The molecule has 0 saturated carbocycles. The lowest BCUT2D eigenvalue weighted by Crippen LogP contribution is -2.46. The largest absolute Gasteiger partial charge is 0.490 e. The summed E-state index contributed by atoms with van der Waals surface area (Å²) < 4.78 is 84.9. The topological polar surface area (TPSA) is 204 Å². The summed E-state index contributed by atoms with van der Waals surface area (Å²) >= 11 is 1.14. The van der Waals surface area contributed by atoms with Crippen LogP contribution in [0.2, 0.25) is 0 Å². The van der Waals surface area contributed by atoms with Crippen molar-refractivity contribution >= 4 is 35.5 Å². The lowest BCUT2D eigenvalue weighted by atomic mass is 9.82. The normalized spacial score (nSPS) is 14.8. The Hall–Kier alpha value is -4.64. The summed E-state index contributed by atoms with van der Waals surface area (Å²) in [4.78, 5) is 50.1. The maximum absolute atomic E-state index is 15.2. The maximum Gasteiger partial charge on any atom is 0.490 e. The van der Waals surface area contributed by atoms with Crippen molar-refractivity contribution in [3.05, 3.63) is 83.7 Å². The van der Waals surface area contributed by atoms with Crippen molar-refractivity contribution in [1.29, 1.82) is 0 Å². The molecule has 2 heterocycles. The third kappa shape index (κ3) is 20.1. The van der Waals surface area contributed by atoms with Crippen molar-refractivity contribution < 1.29 is 70.3 Å². The zero-order chi connectivity index (χ0) is 48.7. The first-order chi connectivity index (χ1) is 31.3. The molecule has 6 N–H and O–H groups in total. The average Bonchev–Trinajstić information content (AvgIpc) is 3.92. The molecule has 0 spiro atoms. The van der Waals surface area contributed by atoms with Crippen molar-refractivity contribution in [2.75, 3.05) is 90.5 Å². The molecule has 15 nitrogen and oxygen atoms in total. The summed E-state index contributed by atoms with van der Waals surface area (Å²) in [7, 11) is 0. The second-order valence-corrected chi connectivity index (χ2v) is 17.4. The highest BCUT2D eigenvalue weighted by molar-refractivity contribution is 8.00. The molecule has 0 aliphatic carbocycles. The van der Waals surface area contributed by atoms with E-state index in [0.29, 0.717) is 64.8 Å². The smallest absolute Gasteiger partial charge is 0.480 e. The molecule has 1 saturated heterocycles.